The van der Waals surface area contributed by atoms with E-state index in [0.29, 0.717) is 0 Å². The monoisotopic (exact) mass is 429 g/mol. The van der Waals surface area contributed by atoms with Crippen molar-refractivity contribution in [2.24, 2.45) is 0 Å². The molecule has 1 aliphatic rings. The van der Waals surface area contributed by atoms with Crippen LogP contribution in [-0.4, -0.2) is 13.7 Å². The summed E-state index contributed by atoms with van der Waals surface area (Å²) in [6.45, 7) is 5.21. The molecule has 0 spiro atoms. The molecule has 112 valence electrons. The molecular weight excluding hydrogens is 414 g/mol. The number of ether oxygens (including phenoxy) is 1. The summed E-state index contributed by atoms with van der Waals surface area (Å²) < 4.78 is 8.07. The third kappa shape index (κ3) is 2.81. The minimum atomic E-state index is 0.0795. The number of thiophene rings is 1. The summed E-state index contributed by atoms with van der Waals surface area (Å²) in [5.41, 5.74) is 3.90. The van der Waals surface area contributed by atoms with Crippen molar-refractivity contribution in [2.45, 2.75) is 25.3 Å². The zero-order valence-electron chi connectivity index (χ0n) is 12.2. The van der Waals surface area contributed by atoms with Crippen molar-refractivity contribution < 1.29 is 4.74 Å². The third-order valence-corrected chi connectivity index (χ3v) is 6.32. The van der Waals surface area contributed by atoms with E-state index in [0.717, 1.165) is 19.9 Å². The van der Waals surface area contributed by atoms with Crippen LogP contribution in [0.25, 0.3) is 0 Å². The van der Waals surface area contributed by atoms with Gasteiger partial charge >= 0.3 is 0 Å². The van der Waals surface area contributed by atoms with Crippen LogP contribution < -0.4 is 10.1 Å². The normalized spacial score (nSPS) is 17.4. The average molecular weight is 431 g/mol. The van der Waals surface area contributed by atoms with Gasteiger partial charge in [0.1, 0.15) is 5.75 Å². The molecule has 0 amide bonds. The molecule has 1 unspecified atom stereocenters. The summed E-state index contributed by atoms with van der Waals surface area (Å²) >= 11 is 8.93. The number of halogens is 2. The van der Waals surface area contributed by atoms with E-state index in [1.54, 1.807) is 11.3 Å². The molecule has 1 N–H and O–H groups in total. The summed E-state index contributed by atoms with van der Waals surface area (Å²) in [4.78, 5) is 0. The molecule has 2 heterocycles. The second-order valence-electron chi connectivity index (χ2n) is 5.93. The van der Waals surface area contributed by atoms with Crippen molar-refractivity contribution >= 4 is 43.2 Å². The van der Waals surface area contributed by atoms with Crippen LogP contribution in [0.15, 0.2) is 31.8 Å². The molecule has 0 fully saturated rings. The lowest BCUT2D eigenvalue weighted by atomic mass is 9.85. The first-order valence-electron chi connectivity index (χ1n) is 6.81. The Hall–Kier alpha value is -0.360. The van der Waals surface area contributed by atoms with Gasteiger partial charge < -0.3 is 10.1 Å². The molecule has 0 bridgehead atoms. The zero-order valence-corrected chi connectivity index (χ0v) is 16.2. The van der Waals surface area contributed by atoms with E-state index < -0.39 is 0 Å². The van der Waals surface area contributed by atoms with E-state index in [1.807, 2.05) is 7.05 Å². The van der Waals surface area contributed by atoms with Crippen molar-refractivity contribution in [1.29, 1.82) is 0 Å². The smallest absolute Gasteiger partial charge is 0.123 e. The number of hydrogen-bond donors (Lipinski definition) is 1. The highest BCUT2D eigenvalue weighted by atomic mass is 79.9. The summed E-state index contributed by atoms with van der Waals surface area (Å²) in [6, 6.07) is 8.87. The van der Waals surface area contributed by atoms with Crippen LogP contribution in [0.5, 0.6) is 5.75 Å². The number of hydrogen-bond acceptors (Lipinski definition) is 3. The molecule has 0 saturated carbocycles. The lowest BCUT2D eigenvalue weighted by Gasteiger charge is -2.20. The maximum atomic E-state index is 5.78. The van der Waals surface area contributed by atoms with Crippen LogP contribution in [-0.2, 0) is 5.41 Å². The Balaban J connectivity index is 2.05. The number of fused-ring (bicyclic) bond motifs is 1. The van der Waals surface area contributed by atoms with Crippen molar-refractivity contribution in [3.8, 4) is 5.75 Å². The van der Waals surface area contributed by atoms with Gasteiger partial charge in [0, 0.05) is 11.0 Å². The first-order valence-corrected chi connectivity index (χ1v) is 9.22. The molecule has 1 aromatic carbocycles. The van der Waals surface area contributed by atoms with Gasteiger partial charge in [-0.25, -0.2) is 0 Å². The van der Waals surface area contributed by atoms with Crippen molar-refractivity contribution in [3.63, 3.8) is 0 Å². The van der Waals surface area contributed by atoms with E-state index in [9.17, 15) is 0 Å². The lowest BCUT2D eigenvalue weighted by molar-refractivity contribution is 0.291. The topological polar surface area (TPSA) is 21.3 Å². The molecule has 21 heavy (non-hydrogen) atoms. The molecule has 0 saturated heterocycles. The van der Waals surface area contributed by atoms with Gasteiger partial charge in [-0.15, -0.1) is 11.3 Å². The molecule has 2 nitrogen and oxygen atoms in total. The van der Waals surface area contributed by atoms with E-state index in [2.05, 4.69) is 75.3 Å². The highest BCUT2D eigenvalue weighted by Gasteiger charge is 2.32. The third-order valence-electron chi connectivity index (χ3n) is 3.94. The Kier molecular flexibility index (Phi) is 4.21. The molecule has 3 rings (SSSR count). The summed E-state index contributed by atoms with van der Waals surface area (Å²) in [5, 5.41) is 3.42. The minimum Gasteiger partial charge on any atom is -0.492 e. The van der Waals surface area contributed by atoms with Crippen LogP contribution >= 0.6 is 43.2 Å². The summed E-state index contributed by atoms with van der Waals surface area (Å²) in [6.07, 6.45) is 0. The summed E-state index contributed by atoms with van der Waals surface area (Å²) in [7, 11) is 2.00. The quantitative estimate of drug-likeness (QED) is 0.717. The Labute approximate surface area is 146 Å². The van der Waals surface area contributed by atoms with Gasteiger partial charge in [0.15, 0.2) is 0 Å². The molecule has 1 atom stereocenters. The minimum absolute atomic E-state index is 0.0795. The number of rotatable bonds is 3. The molecule has 1 aliphatic heterocycles. The Bertz CT molecular complexity index is 681. The van der Waals surface area contributed by atoms with Crippen LogP contribution in [0.4, 0.5) is 0 Å². The molecule has 0 aliphatic carbocycles. The largest absolute Gasteiger partial charge is 0.492 e. The fourth-order valence-corrected chi connectivity index (χ4v) is 5.67. The number of benzene rings is 1. The van der Waals surface area contributed by atoms with E-state index >= 15 is 0 Å². The van der Waals surface area contributed by atoms with Gasteiger partial charge in [-0.05, 0) is 68.2 Å². The van der Waals surface area contributed by atoms with E-state index in [1.165, 1.54) is 16.7 Å². The fourth-order valence-electron chi connectivity index (χ4n) is 2.77. The maximum absolute atomic E-state index is 5.78. The highest BCUT2D eigenvalue weighted by molar-refractivity contribution is 9.12. The molecule has 0 radical (unpaired) electrons. The van der Waals surface area contributed by atoms with Gasteiger partial charge in [0.25, 0.3) is 0 Å². The second kappa shape index (κ2) is 5.69. The van der Waals surface area contributed by atoms with Gasteiger partial charge in [0.2, 0.25) is 0 Å². The van der Waals surface area contributed by atoms with Crippen molar-refractivity contribution in [2.75, 3.05) is 13.7 Å². The predicted octanol–water partition coefficient (Wildman–Crippen LogP) is 5.25. The summed E-state index contributed by atoms with van der Waals surface area (Å²) in [5.74, 6) is 1.02. The van der Waals surface area contributed by atoms with Crippen LogP contribution in [0.2, 0.25) is 0 Å². The molecular formula is C16H17Br2NOS. The SMILES string of the molecule is CNC(c1ccc2c(c1)C(C)(C)CO2)c1cc(Br)sc1Br. The Morgan fingerprint density at radius 1 is 1.29 bits per heavy atom. The second-order valence-corrected chi connectivity index (χ2v) is 9.68. The first kappa shape index (κ1) is 15.5. The Morgan fingerprint density at radius 3 is 2.67 bits per heavy atom. The van der Waals surface area contributed by atoms with E-state index in [-0.39, 0.29) is 11.5 Å². The van der Waals surface area contributed by atoms with E-state index in [4.69, 9.17) is 4.74 Å². The van der Waals surface area contributed by atoms with Gasteiger partial charge in [-0.2, -0.15) is 0 Å². The molecule has 2 aromatic rings. The molecule has 1 aromatic heterocycles. The highest BCUT2D eigenvalue weighted by Crippen LogP contribution is 2.42. The van der Waals surface area contributed by atoms with Crippen LogP contribution in [0.3, 0.4) is 0 Å². The standard InChI is InChI=1S/C16H17Br2NOS/c1-16(2)8-20-12-5-4-9(6-11(12)16)14(19-3)10-7-13(17)21-15(10)18/h4-7,14,19H,8H2,1-3H3. The number of nitrogens with one attached hydrogen (secondary N) is 1. The van der Waals surface area contributed by atoms with Gasteiger partial charge in [0.05, 0.1) is 20.2 Å². The molecule has 5 heteroatoms. The predicted molar refractivity (Wildman–Crippen MR) is 95.6 cm³/mol. The fraction of sp³-hybridized carbons (Fsp3) is 0.375. The zero-order chi connectivity index (χ0) is 15.2. The van der Waals surface area contributed by atoms with Crippen molar-refractivity contribution in [1.82, 2.24) is 5.32 Å². The van der Waals surface area contributed by atoms with Crippen LogP contribution in [0.1, 0.15) is 36.6 Å². The maximum Gasteiger partial charge on any atom is 0.123 e. The van der Waals surface area contributed by atoms with Crippen molar-refractivity contribution in [3.05, 3.63) is 48.5 Å². The van der Waals surface area contributed by atoms with Crippen LogP contribution in [0, 0.1) is 0 Å². The Morgan fingerprint density at radius 2 is 2.05 bits per heavy atom. The lowest BCUT2D eigenvalue weighted by Crippen LogP contribution is -2.20. The average Bonchev–Trinajstić information content (AvgIpc) is 2.91. The van der Waals surface area contributed by atoms with Gasteiger partial charge in [-0.1, -0.05) is 19.9 Å². The van der Waals surface area contributed by atoms with Gasteiger partial charge in [-0.3, -0.25) is 0 Å². The first-order chi connectivity index (χ1) is 9.92.